The fraction of sp³-hybridized carbons (Fsp3) is 0.429. The summed E-state index contributed by atoms with van der Waals surface area (Å²) in [6, 6.07) is 9.85. The van der Waals surface area contributed by atoms with E-state index in [4.69, 9.17) is 0 Å². The SMILES string of the molecule is CCCCN(CCCC)CCCN1C(=O)C(=O)/C(=C(\O)c2cccc([N+](=O)[O-])c2)C1c1ccccc1F. The standard InChI is InChI=1S/C28H34FN3O5/c1-3-5-15-30(16-6-4-2)17-10-18-31-25(22-13-7-8-14-23(22)29)24(27(34)28(31)35)26(33)20-11-9-12-21(19-20)32(36)37/h7-9,11-14,19,25,33H,3-6,10,15-18H2,1-2H3/b26-24-. The highest BCUT2D eigenvalue weighted by atomic mass is 19.1. The van der Waals surface area contributed by atoms with E-state index in [0.29, 0.717) is 6.42 Å². The molecule has 37 heavy (non-hydrogen) atoms. The average Bonchev–Trinajstić information content (AvgIpc) is 3.14. The number of hydrogen-bond donors (Lipinski definition) is 1. The van der Waals surface area contributed by atoms with Crippen molar-refractivity contribution in [2.45, 2.75) is 52.0 Å². The molecule has 8 nitrogen and oxygen atoms in total. The van der Waals surface area contributed by atoms with Gasteiger partial charge >= 0.3 is 0 Å². The number of likely N-dealkylation sites (tertiary alicyclic amines) is 1. The second kappa shape index (κ2) is 13.1. The van der Waals surface area contributed by atoms with Gasteiger partial charge in [0.1, 0.15) is 11.6 Å². The maximum Gasteiger partial charge on any atom is 0.295 e. The van der Waals surface area contributed by atoms with Crippen LogP contribution in [0, 0.1) is 15.9 Å². The van der Waals surface area contributed by atoms with Crippen LogP contribution in [-0.4, -0.2) is 57.7 Å². The van der Waals surface area contributed by atoms with Crippen molar-refractivity contribution in [2.75, 3.05) is 26.2 Å². The molecule has 1 N–H and O–H groups in total. The number of aliphatic hydroxyl groups is 1. The molecular weight excluding hydrogens is 477 g/mol. The summed E-state index contributed by atoms with van der Waals surface area (Å²) < 4.78 is 15.0. The van der Waals surface area contributed by atoms with E-state index in [2.05, 4.69) is 18.7 Å². The summed E-state index contributed by atoms with van der Waals surface area (Å²) in [6.45, 7) is 7.07. The quantitative estimate of drug-likeness (QED) is 0.126. The predicted octanol–water partition coefficient (Wildman–Crippen LogP) is 5.45. The molecule has 1 atom stereocenters. The van der Waals surface area contributed by atoms with E-state index in [1.807, 2.05) is 0 Å². The summed E-state index contributed by atoms with van der Waals surface area (Å²) in [6.07, 6.45) is 4.84. The van der Waals surface area contributed by atoms with Crippen LogP contribution in [0.25, 0.3) is 5.76 Å². The largest absolute Gasteiger partial charge is 0.507 e. The Morgan fingerprint density at radius 2 is 1.68 bits per heavy atom. The number of nitro benzene ring substituents is 1. The molecular formula is C28H34FN3O5. The molecule has 198 valence electrons. The van der Waals surface area contributed by atoms with Crippen molar-refractivity contribution in [3.05, 3.63) is 81.2 Å². The number of halogens is 1. The summed E-state index contributed by atoms with van der Waals surface area (Å²) in [5.41, 5.74) is -0.453. The van der Waals surface area contributed by atoms with Crippen LogP contribution in [0.3, 0.4) is 0 Å². The van der Waals surface area contributed by atoms with Gasteiger partial charge in [0, 0.05) is 29.8 Å². The van der Waals surface area contributed by atoms with Crippen LogP contribution in [0.15, 0.2) is 54.1 Å². The number of hydrogen-bond acceptors (Lipinski definition) is 6. The first-order valence-electron chi connectivity index (χ1n) is 12.8. The molecule has 0 bridgehead atoms. The van der Waals surface area contributed by atoms with Crippen LogP contribution in [-0.2, 0) is 9.59 Å². The summed E-state index contributed by atoms with van der Waals surface area (Å²) in [7, 11) is 0. The zero-order valence-electron chi connectivity index (χ0n) is 21.4. The monoisotopic (exact) mass is 511 g/mol. The van der Waals surface area contributed by atoms with Gasteiger partial charge < -0.3 is 14.9 Å². The molecule has 1 unspecified atom stereocenters. The number of Topliss-reactive ketones (excluding diaryl/α,β-unsaturated/α-hetero) is 1. The van der Waals surface area contributed by atoms with E-state index < -0.39 is 34.2 Å². The molecule has 0 aromatic heterocycles. The number of unbranched alkanes of at least 4 members (excludes halogenated alkanes) is 2. The lowest BCUT2D eigenvalue weighted by molar-refractivity contribution is -0.384. The number of carbonyl (C=O) groups excluding carboxylic acids is 2. The summed E-state index contributed by atoms with van der Waals surface area (Å²) in [5, 5.41) is 22.3. The van der Waals surface area contributed by atoms with Crippen LogP contribution in [0.4, 0.5) is 10.1 Å². The average molecular weight is 512 g/mol. The molecule has 9 heteroatoms. The maximum absolute atomic E-state index is 15.0. The lowest BCUT2D eigenvalue weighted by atomic mass is 9.94. The summed E-state index contributed by atoms with van der Waals surface area (Å²) in [4.78, 5) is 40.5. The minimum absolute atomic E-state index is 0.0128. The topological polar surface area (TPSA) is 104 Å². The number of benzene rings is 2. The molecule has 2 aromatic rings. The van der Waals surface area contributed by atoms with Crippen molar-refractivity contribution < 1.29 is 24.0 Å². The van der Waals surface area contributed by atoms with E-state index in [1.54, 1.807) is 6.07 Å². The molecule has 0 aliphatic carbocycles. The number of rotatable bonds is 13. The number of aliphatic hydroxyl groups excluding tert-OH is 1. The fourth-order valence-electron chi connectivity index (χ4n) is 4.62. The van der Waals surface area contributed by atoms with E-state index in [-0.39, 0.29) is 28.9 Å². The highest BCUT2D eigenvalue weighted by Gasteiger charge is 2.46. The van der Waals surface area contributed by atoms with Gasteiger partial charge in [0.25, 0.3) is 17.4 Å². The minimum atomic E-state index is -1.14. The Hall–Kier alpha value is -3.59. The van der Waals surface area contributed by atoms with Gasteiger partial charge in [-0.3, -0.25) is 19.7 Å². The number of ketones is 1. The zero-order chi connectivity index (χ0) is 26.9. The van der Waals surface area contributed by atoms with Crippen molar-refractivity contribution in [1.29, 1.82) is 0 Å². The lowest BCUT2D eigenvalue weighted by Gasteiger charge is -2.27. The van der Waals surface area contributed by atoms with Gasteiger partial charge in [0.2, 0.25) is 0 Å². The normalized spacial score (nSPS) is 17.1. The fourth-order valence-corrected chi connectivity index (χ4v) is 4.62. The molecule has 0 spiro atoms. The number of amides is 1. The molecule has 0 saturated carbocycles. The Morgan fingerprint density at radius 1 is 1.03 bits per heavy atom. The number of carbonyl (C=O) groups is 2. The Kier molecular flexibility index (Phi) is 9.91. The second-order valence-corrected chi connectivity index (χ2v) is 9.22. The lowest BCUT2D eigenvalue weighted by Crippen LogP contribution is -2.34. The maximum atomic E-state index is 15.0. The molecule has 1 aliphatic rings. The van der Waals surface area contributed by atoms with Crippen molar-refractivity contribution >= 4 is 23.1 Å². The van der Waals surface area contributed by atoms with Crippen LogP contribution in [0.2, 0.25) is 0 Å². The van der Waals surface area contributed by atoms with E-state index in [0.717, 1.165) is 51.4 Å². The van der Waals surface area contributed by atoms with Crippen LogP contribution >= 0.6 is 0 Å². The Labute approximate surface area is 216 Å². The molecule has 0 radical (unpaired) electrons. The molecule has 1 aliphatic heterocycles. The van der Waals surface area contributed by atoms with Gasteiger partial charge in [-0.25, -0.2) is 4.39 Å². The van der Waals surface area contributed by atoms with E-state index in [9.17, 15) is 29.2 Å². The minimum Gasteiger partial charge on any atom is -0.507 e. The first-order chi connectivity index (χ1) is 17.8. The Balaban J connectivity index is 1.97. The first-order valence-corrected chi connectivity index (χ1v) is 12.8. The van der Waals surface area contributed by atoms with Gasteiger partial charge in [-0.05, 0) is 45.0 Å². The van der Waals surface area contributed by atoms with Crippen molar-refractivity contribution in [1.82, 2.24) is 9.80 Å². The van der Waals surface area contributed by atoms with Gasteiger partial charge in [-0.1, -0.05) is 57.0 Å². The van der Waals surface area contributed by atoms with Crippen LogP contribution in [0.5, 0.6) is 0 Å². The molecule has 2 aromatic carbocycles. The Morgan fingerprint density at radius 3 is 2.30 bits per heavy atom. The third-order valence-corrected chi connectivity index (χ3v) is 6.60. The third kappa shape index (κ3) is 6.60. The van der Waals surface area contributed by atoms with Gasteiger partial charge in [0.15, 0.2) is 0 Å². The summed E-state index contributed by atoms with van der Waals surface area (Å²) >= 11 is 0. The highest BCUT2D eigenvalue weighted by molar-refractivity contribution is 6.46. The van der Waals surface area contributed by atoms with Crippen molar-refractivity contribution in [3.63, 3.8) is 0 Å². The molecule has 1 amide bonds. The molecule has 1 saturated heterocycles. The number of non-ortho nitro benzene ring substituents is 1. The molecule has 3 rings (SSSR count). The second-order valence-electron chi connectivity index (χ2n) is 9.22. The van der Waals surface area contributed by atoms with Crippen LogP contribution < -0.4 is 0 Å². The Bertz CT molecular complexity index is 1160. The van der Waals surface area contributed by atoms with E-state index in [1.165, 1.54) is 41.3 Å². The van der Waals surface area contributed by atoms with Crippen molar-refractivity contribution in [3.8, 4) is 0 Å². The molecule has 1 fully saturated rings. The predicted molar refractivity (Wildman–Crippen MR) is 139 cm³/mol. The highest BCUT2D eigenvalue weighted by Crippen LogP contribution is 2.40. The first kappa shape index (κ1) is 28.0. The van der Waals surface area contributed by atoms with Gasteiger partial charge in [-0.15, -0.1) is 0 Å². The van der Waals surface area contributed by atoms with Crippen LogP contribution in [0.1, 0.15) is 63.1 Å². The smallest absolute Gasteiger partial charge is 0.295 e. The number of nitrogens with zero attached hydrogens (tertiary/aromatic N) is 3. The van der Waals surface area contributed by atoms with Gasteiger partial charge in [0.05, 0.1) is 16.5 Å². The molecule has 1 heterocycles. The zero-order valence-corrected chi connectivity index (χ0v) is 21.4. The summed E-state index contributed by atoms with van der Waals surface area (Å²) in [5.74, 6) is -2.94. The van der Waals surface area contributed by atoms with E-state index >= 15 is 0 Å². The van der Waals surface area contributed by atoms with Crippen molar-refractivity contribution in [2.24, 2.45) is 0 Å². The third-order valence-electron chi connectivity index (χ3n) is 6.60. The van der Waals surface area contributed by atoms with Gasteiger partial charge in [-0.2, -0.15) is 0 Å². The number of nitro groups is 1.